The van der Waals surface area contributed by atoms with E-state index in [1.165, 1.54) is 141 Å². The van der Waals surface area contributed by atoms with Crippen LogP contribution in [-0.4, -0.2) is 22.2 Å². The summed E-state index contributed by atoms with van der Waals surface area (Å²) in [6.07, 6.45) is 45.9. The summed E-state index contributed by atoms with van der Waals surface area (Å²) in [7, 11) is 0. The maximum absolute atomic E-state index is 12.5. The smallest absolute Gasteiger partial charge is 0.382 e. The molecule has 0 radical (unpaired) electrons. The van der Waals surface area contributed by atoms with Crippen LogP contribution in [0.1, 0.15) is 258 Å². The third kappa shape index (κ3) is 40.8. The summed E-state index contributed by atoms with van der Waals surface area (Å²) in [6.45, 7) is 4.55. The van der Waals surface area contributed by atoms with Crippen molar-refractivity contribution in [3.8, 4) is 47.4 Å². The highest BCUT2D eigenvalue weighted by Crippen LogP contribution is 2.30. The molecule has 4 nitrogen and oxygen atoms in total. The van der Waals surface area contributed by atoms with Gasteiger partial charge < -0.3 is 10.2 Å². The van der Waals surface area contributed by atoms with E-state index in [9.17, 15) is 14.7 Å². The Hall–Kier alpha value is -2.82. The minimum absolute atomic E-state index is 0.240. The highest BCUT2D eigenvalue weighted by molar-refractivity contribution is 5.87. The number of carboxylic acid groups (broad SMARTS) is 2. The molecule has 0 rings (SSSR count). The third-order valence-electron chi connectivity index (χ3n) is 11.2. The fraction of sp³-hybridized carbons (Fsp3) is 0.808. The van der Waals surface area contributed by atoms with Crippen LogP contribution in [0.5, 0.6) is 0 Å². The summed E-state index contributed by atoms with van der Waals surface area (Å²) < 4.78 is 0. The predicted molar refractivity (Wildman–Crippen MR) is 240 cm³/mol. The Labute approximate surface area is 347 Å². The van der Waals surface area contributed by atoms with Crippen LogP contribution in [0.4, 0.5) is 0 Å². The molecule has 2 unspecified atom stereocenters. The fourth-order valence-corrected chi connectivity index (χ4v) is 7.72. The van der Waals surface area contributed by atoms with Crippen LogP contribution in [-0.2, 0) is 9.59 Å². The summed E-state index contributed by atoms with van der Waals surface area (Å²) >= 11 is 0. The number of rotatable bonds is 39. The van der Waals surface area contributed by atoms with Crippen LogP contribution in [0, 0.1) is 59.2 Å². The summed E-state index contributed by atoms with van der Waals surface area (Å²) in [5, 5.41) is 18.9. The van der Waals surface area contributed by atoms with Gasteiger partial charge in [-0.2, -0.15) is 0 Å². The van der Waals surface area contributed by atoms with Crippen molar-refractivity contribution < 1.29 is 19.8 Å². The molecule has 0 aliphatic rings. The molecule has 56 heavy (non-hydrogen) atoms. The van der Waals surface area contributed by atoms with Gasteiger partial charge >= 0.3 is 11.9 Å². The minimum Gasteiger partial charge on any atom is -0.481 e. The lowest BCUT2D eigenvalue weighted by molar-refractivity contribution is -0.144. The maximum Gasteiger partial charge on any atom is 0.382 e. The van der Waals surface area contributed by atoms with E-state index in [-0.39, 0.29) is 11.8 Å². The van der Waals surface area contributed by atoms with Crippen LogP contribution in [0.2, 0.25) is 0 Å². The Kier molecular flexibility index (Phi) is 42.6. The van der Waals surface area contributed by atoms with E-state index < -0.39 is 11.9 Å². The average molecular weight is 775 g/mol. The molecule has 0 aromatic heterocycles. The van der Waals surface area contributed by atoms with Crippen molar-refractivity contribution in [2.45, 2.75) is 258 Å². The van der Waals surface area contributed by atoms with E-state index in [4.69, 9.17) is 5.11 Å². The second-order valence-electron chi connectivity index (χ2n) is 16.4. The first kappa shape index (κ1) is 53.2. The molecule has 0 aromatic rings. The van der Waals surface area contributed by atoms with Crippen LogP contribution >= 0.6 is 0 Å². The van der Waals surface area contributed by atoms with Crippen molar-refractivity contribution in [3.05, 3.63) is 0 Å². The zero-order valence-electron chi connectivity index (χ0n) is 36.7. The predicted octanol–water partition coefficient (Wildman–Crippen LogP) is 15.3. The molecule has 0 aliphatic heterocycles. The van der Waals surface area contributed by atoms with Gasteiger partial charge in [-0.05, 0) is 68.1 Å². The molecular weight excluding hydrogens is 689 g/mol. The molecule has 4 heteroatoms. The molecule has 0 saturated heterocycles. The summed E-state index contributed by atoms with van der Waals surface area (Å²) in [5.74, 6) is 20.7. The summed E-state index contributed by atoms with van der Waals surface area (Å²) in [4.78, 5) is 23.0. The first-order chi connectivity index (χ1) is 27.5. The standard InChI is InChI=1S/C52H86O4/c1-3-5-7-9-11-13-15-16-17-18-19-20-21-22-23-24-25-26-28-30-35-39-43-47-50(52(55)56)49(45-41-37-33-29-27-14-12-10-8-6-4-2)46-42-38-34-31-32-36-40-44-48-51(53)54/h49-50H,3-21,26-35,37-39,41-43,45-47H2,1-2H3,(H,53,54)(H,55,56). The topological polar surface area (TPSA) is 74.6 Å². The fourth-order valence-electron chi connectivity index (χ4n) is 7.72. The van der Waals surface area contributed by atoms with Crippen molar-refractivity contribution in [3.63, 3.8) is 0 Å². The lowest BCUT2D eigenvalue weighted by Gasteiger charge is -2.24. The zero-order chi connectivity index (χ0) is 40.8. The highest BCUT2D eigenvalue weighted by atomic mass is 16.4. The molecule has 2 atom stereocenters. The molecule has 0 heterocycles. The summed E-state index contributed by atoms with van der Waals surface area (Å²) in [5.41, 5.74) is 0. The number of carboxylic acids is 2. The average Bonchev–Trinajstić information content (AvgIpc) is 3.18. The van der Waals surface area contributed by atoms with Gasteiger partial charge in [0.1, 0.15) is 0 Å². The van der Waals surface area contributed by atoms with Crippen molar-refractivity contribution in [1.82, 2.24) is 0 Å². The van der Waals surface area contributed by atoms with Gasteiger partial charge in [-0.1, -0.05) is 218 Å². The van der Waals surface area contributed by atoms with Crippen molar-refractivity contribution in [2.75, 3.05) is 0 Å². The molecule has 0 bridgehead atoms. The second-order valence-corrected chi connectivity index (χ2v) is 16.4. The van der Waals surface area contributed by atoms with Gasteiger partial charge in [0.2, 0.25) is 0 Å². The van der Waals surface area contributed by atoms with Crippen LogP contribution in [0.25, 0.3) is 0 Å². The Bertz CT molecular complexity index is 1160. The van der Waals surface area contributed by atoms with Crippen LogP contribution in [0.3, 0.4) is 0 Å². The van der Waals surface area contributed by atoms with Crippen molar-refractivity contribution >= 4 is 11.9 Å². The highest BCUT2D eigenvalue weighted by Gasteiger charge is 2.27. The van der Waals surface area contributed by atoms with E-state index in [0.717, 1.165) is 96.3 Å². The maximum atomic E-state index is 12.5. The molecule has 0 saturated carbocycles. The molecular formula is C52H86O4. The summed E-state index contributed by atoms with van der Waals surface area (Å²) in [6, 6.07) is 0. The van der Waals surface area contributed by atoms with E-state index in [1.807, 2.05) is 5.92 Å². The van der Waals surface area contributed by atoms with Gasteiger partial charge in [-0.3, -0.25) is 4.79 Å². The Morgan fingerprint density at radius 3 is 0.982 bits per heavy atom. The third-order valence-corrected chi connectivity index (χ3v) is 11.2. The van der Waals surface area contributed by atoms with Crippen LogP contribution < -0.4 is 0 Å². The molecule has 0 amide bonds. The monoisotopic (exact) mass is 775 g/mol. The largest absolute Gasteiger partial charge is 0.481 e. The quantitative estimate of drug-likeness (QED) is 0.0482. The number of unbranched alkanes of at least 4 members (excludes halogenated alkanes) is 31. The minimum atomic E-state index is -1.15. The van der Waals surface area contributed by atoms with Gasteiger partial charge in [0.15, 0.2) is 0 Å². The lowest BCUT2D eigenvalue weighted by atomic mass is 9.80. The van der Waals surface area contributed by atoms with Gasteiger partial charge in [0.05, 0.1) is 5.92 Å². The Balaban J connectivity index is 4.34. The van der Waals surface area contributed by atoms with Gasteiger partial charge in [-0.25, -0.2) is 4.79 Å². The number of hydrogen-bond donors (Lipinski definition) is 2. The van der Waals surface area contributed by atoms with E-state index in [2.05, 4.69) is 55.3 Å². The first-order valence-electron chi connectivity index (χ1n) is 23.9. The lowest BCUT2D eigenvalue weighted by Crippen LogP contribution is -2.24. The first-order valence-corrected chi connectivity index (χ1v) is 23.9. The molecule has 0 aromatic carbocycles. The molecule has 318 valence electrons. The SMILES string of the molecule is CCCCCCCCCCCCCCC#CC#CCCCCCCCC(C(=O)O)C(CCCCCCC#CC#CC(=O)O)CCCCCCCCCCCCC. The Morgan fingerprint density at radius 1 is 0.375 bits per heavy atom. The second kappa shape index (κ2) is 44.9. The molecule has 0 aliphatic carbocycles. The van der Waals surface area contributed by atoms with Gasteiger partial charge in [0.25, 0.3) is 0 Å². The van der Waals surface area contributed by atoms with Crippen molar-refractivity contribution in [1.29, 1.82) is 0 Å². The van der Waals surface area contributed by atoms with Gasteiger partial charge in [0, 0.05) is 25.2 Å². The van der Waals surface area contributed by atoms with Crippen molar-refractivity contribution in [2.24, 2.45) is 11.8 Å². The molecule has 2 N–H and O–H groups in total. The normalized spacial score (nSPS) is 11.5. The number of aliphatic carboxylic acids is 2. The number of hydrogen-bond acceptors (Lipinski definition) is 2. The molecule has 0 fully saturated rings. The van der Waals surface area contributed by atoms with E-state index >= 15 is 0 Å². The van der Waals surface area contributed by atoms with Crippen LogP contribution in [0.15, 0.2) is 0 Å². The zero-order valence-corrected chi connectivity index (χ0v) is 36.7. The van der Waals surface area contributed by atoms with E-state index in [1.54, 1.807) is 0 Å². The molecule has 0 spiro atoms. The Morgan fingerprint density at radius 2 is 0.661 bits per heavy atom. The number of carbonyl (C=O) groups is 2. The van der Waals surface area contributed by atoms with E-state index in [0.29, 0.717) is 6.42 Å². The van der Waals surface area contributed by atoms with Gasteiger partial charge in [-0.15, -0.1) is 0 Å².